The van der Waals surface area contributed by atoms with Crippen LogP contribution >= 0.6 is 0 Å². The highest BCUT2D eigenvalue weighted by Crippen LogP contribution is 2.21. The number of aryl methyl sites for hydroxylation is 2. The Morgan fingerprint density at radius 1 is 0.867 bits per heavy atom. The number of rotatable bonds is 5. The minimum atomic E-state index is -0.0604. The van der Waals surface area contributed by atoms with Gasteiger partial charge in [-0.2, -0.15) is 0 Å². The maximum absolute atomic E-state index is 12.6. The van der Waals surface area contributed by atoms with Crippen molar-refractivity contribution in [1.82, 2.24) is 4.90 Å². The van der Waals surface area contributed by atoms with Gasteiger partial charge < -0.3 is 10.2 Å². The summed E-state index contributed by atoms with van der Waals surface area (Å²) in [4.78, 5) is 17.5. The number of nitrogens with zero attached hydrogens (tertiary/aromatic N) is 2. The van der Waals surface area contributed by atoms with Gasteiger partial charge >= 0.3 is 0 Å². The van der Waals surface area contributed by atoms with Crippen LogP contribution in [-0.4, -0.2) is 37.0 Å². The summed E-state index contributed by atoms with van der Waals surface area (Å²) in [7, 11) is 0. The molecule has 0 aliphatic carbocycles. The Hall–Kier alpha value is -3.11. The van der Waals surface area contributed by atoms with Crippen LogP contribution in [0, 0.1) is 13.8 Å². The molecular weight excluding hydrogens is 370 g/mol. The lowest BCUT2D eigenvalue weighted by Crippen LogP contribution is -2.45. The van der Waals surface area contributed by atoms with Crippen LogP contribution in [0.15, 0.2) is 72.8 Å². The van der Waals surface area contributed by atoms with Crippen molar-refractivity contribution < 1.29 is 4.79 Å². The normalized spacial score (nSPS) is 14.5. The average molecular weight is 400 g/mol. The molecule has 154 valence electrons. The largest absolute Gasteiger partial charge is 0.369 e. The highest BCUT2D eigenvalue weighted by molar-refractivity contribution is 6.05. The van der Waals surface area contributed by atoms with E-state index in [-0.39, 0.29) is 5.91 Å². The lowest BCUT2D eigenvalue weighted by atomic mass is 10.1. The first-order valence-electron chi connectivity index (χ1n) is 10.6. The van der Waals surface area contributed by atoms with Gasteiger partial charge in [0.15, 0.2) is 0 Å². The number of carbonyl (C=O) groups excluding carboxylic acids is 1. The maximum atomic E-state index is 12.6. The molecular formula is C26H29N3O. The van der Waals surface area contributed by atoms with Crippen LogP contribution in [0.4, 0.5) is 11.4 Å². The zero-order chi connectivity index (χ0) is 20.9. The van der Waals surface area contributed by atoms with Crippen molar-refractivity contribution in [2.75, 3.05) is 36.4 Å². The first-order chi connectivity index (χ1) is 14.6. The van der Waals surface area contributed by atoms with E-state index >= 15 is 0 Å². The fourth-order valence-electron chi connectivity index (χ4n) is 4.03. The Bertz CT molecular complexity index is 991. The van der Waals surface area contributed by atoms with Gasteiger partial charge in [-0.25, -0.2) is 0 Å². The molecule has 0 spiro atoms. The number of amides is 1. The van der Waals surface area contributed by atoms with E-state index in [1.165, 1.54) is 11.3 Å². The van der Waals surface area contributed by atoms with Gasteiger partial charge in [0, 0.05) is 49.7 Å². The number of benzene rings is 3. The topological polar surface area (TPSA) is 35.6 Å². The van der Waals surface area contributed by atoms with Crippen LogP contribution in [-0.2, 0) is 6.54 Å². The molecule has 4 rings (SSSR count). The molecule has 4 heteroatoms. The second kappa shape index (κ2) is 9.14. The number of nitrogens with one attached hydrogen (secondary N) is 1. The van der Waals surface area contributed by atoms with Crippen molar-refractivity contribution in [3.05, 3.63) is 95.1 Å². The lowest BCUT2D eigenvalue weighted by molar-refractivity contribution is 0.102. The minimum Gasteiger partial charge on any atom is -0.369 e. The standard InChI is InChI=1S/C26H29N3O/c1-20-8-13-25(21(2)18-20)26(30)27-23-9-11-24(12-10-23)29-16-14-28(15-17-29)19-22-6-4-3-5-7-22/h3-13,18H,14-17,19H2,1-2H3,(H,27,30). The molecule has 1 N–H and O–H groups in total. The van der Waals surface area contributed by atoms with Gasteiger partial charge in [0.05, 0.1) is 0 Å². The molecule has 0 radical (unpaired) electrons. The number of hydrogen-bond donors (Lipinski definition) is 1. The zero-order valence-electron chi connectivity index (χ0n) is 17.8. The Morgan fingerprint density at radius 3 is 2.23 bits per heavy atom. The lowest BCUT2D eigenvalue weighted by Gasteiger charge is -2.36. The van der Waals surface area contributed by atoms with Crippen molar-refractivity contribution in [2.24, 2.45) is 0 Å². The minimum absolute atomic E-state index is 0.0604. The molecule has 4 nitrogen and oxygen atoms in total. The SMILES string of the molecule is Cc1ccc(C(=O)Nc2ccc(N3CCN(Cc4ccccc4)CC3)cc2)c(C)c1. The summed E-state index contributed by atoms with van der Waals surface area (Å²) >= 11 is 0. The monoisotopic (exact) mass is 399 g/mol. The summed E-state index contributed by atoms with van der Waals surface area (Å²) in [6.07, 6.45) is 0. The molecule has 1 amide bonds. The third kappa shape index (κ3) is 4.89. The third-order valence-electron chi connectivity index (χ3n) is 5.74. The Labute approximate surface area is 179 Å². The quantitative estimate of drug-likeness (QED) is 0.664. The summed E-state index contributed by atoms with van der Waals surface area (Å²) in [6, 6.07) is 24.7. The highest BCUT2D eigenvalue weighted by atomic mass is 16.1. The number of carbonyl (C=O) groups is 1. The molecule has 1 saturated heterocycles. The number of anilines is 2. The van der Waals surface area contributed by atoms with Gasteiger partial charge in [-0.1, -0.05) is 48.0 Å². The van der Waals surface area contributed by atoms with E-state index in [1.54, 1.807) is 0 Å². The molecule has 1 aliphatic heterocycles. The van der Waals surface area contributed by atoms with Crippen molar-refractivity contribution in [3.8, 4) is 0 Å². The van der Waals surface area contributed by atoms with Crippen LogP contribution in [0.1, 0.15) is 27.0 Å². The Balaban J connectivity index is 1.32. The average Bonchev–Trinajstić information content (AvgIpc) is 2.75. The molecule has 0 aromatic heterocycles. The Kier molecular flexibility index (Phi) is 6.15. The molecule has 0 bridgehead atoms. The predicted octanol–water partition coefficient (Wildman–Crippen LogP) is 4.88. The summed E-state index contributed by atoms with van der Waals surface area (Å²) in [5.41, 5.74) is 6.29. The predicted molar refractivity (Wildman–Crippen MR) is 124 cm³/mol. The van der Waals surface area contributed by atoms with Crippen LogP contribution < -0.4 is 10.2 Å². The van der Waals surface area contributed by atoms with E-state index in [4.69, 9.17) is 0 Å². The fraction of sp³-hybridized carbons (Fsp3) is 0.269. The molecule has 0 atom stereocenters. The smallest absolute Gasteiger partial charge is 0.255 e. The van der Waals surface area contributed by atoms with Gasteiger partial charge in [0.25, 0.3) is 5.91 Å². The van der Waals surface area contributed by atoms with E-state index in [9.17, 15) is 4.79 Å². The number of hydrogen-bond acceptors (Lipinski definition) is 3. The third-order valence-corrected chi connectivity index (χ3v) is 5.74. The van der Waals surface area contributed by atoms with E-state index in [1.807, 2.05) is 44.2 Å². The van der Waals surface area contributed by atoms with Crippen LogP contribution in [0.5, 0.6) is 0 Å². The van der Waals surface area contributed by atoms with Gasteiger partial charge in [0.2, 0.25) is 0 Å². The van der Waals surface area contributed by atoms with Gasteiger partial charge in [-0.05, 0) is 55.3 Å². The first-order valence-corrected chi connectivity index (χ1v) is 10.6. The van der Waals surface area contributed by atoms with Crippen LogP contribution in [0.25, 0.3) is 0 Å². The van der Waals surface area contributed by atoms with Crippen LogP contribution in [0.2, 0.25) is 0 Å². The van der Waals surface area contributed by atoms with E-state index in [0.29, 0.717) is 0 Å². The molecule has 1 heterocycles. The van der Waals surface area contributed by atoms with Gasteiger partial charge in [0.1, 0.15) is 0 Å². The van der Waals surface area contributed by atoms with Crippen molar-refractivity contribution >= 4 is 17.3 Å². The first kappa shape index (κ1) is 20.2. The Morgan fingerprint density at radius 2 is 1.57 bits per heavy atom. The molecule has 1 aliphatic rings. The summed E-state index contributed by atoms with van der Waals surface area (Å²) in [5.74, 6) is -0.0604. The second-order valence-electron chi connectivity index (χ2n) is 8.07. The van der Waals surface area contributed by atoms with Crippen molar-refractivity contribution in [3.63, 3.8) is 0 Å². The summed E-state index contributed by atoms with van der Waals surface area (Å²) in [6.45, 7) is 9.16. The molecule has 0 unspecified atom stereocenters. The van der Waals surface area contributed by atoms with Crippen LogP contribution in [0.3, 0.4) is 0 Å². The summed E-state index contributed by atoms with van der Waals surface area (Å²) in [5, 5.41) is 3.02. The van der Waals surface area contributed by atoms with Crippen molar-refractivity contribution in [1.29, 1.82) is 0 Å². The van der Waals surface area contributed by atoms with Gasteiger partial charge in [-0.15, -0.1) is 0 Å². The fourth-order valence-corrected chi connectivity index (χ4v) is 4.03. The highest BCUT2D eigenvalue weighted by Gasteiger charge is 2.17. The molecule has 1 fully saturated rings. The number of piperazine rings is 1. The van der Waals surface area contributed by atoms with Crippen molar-refractivity contribution in [2.45, 2.75) is 20.4 Å². The second-order valence-corrected chi connectivity index (χ2v) is 8.07. The zero-order valence-corrected chi connectivity index (χ0v) is 17.8. The van der Waals surface area contributed by atoms with E-state index < -0.39 is 0 Å². The maximum Gasteiger partial charge on any atom is 0.255 e. The van der Waals surface area contributed by atoms with E-state index in [0.717, 1.165) is 55.1 Å². The molecule has 3 aromatic carbocycles. The van der Waals surface area contributed by atoms with E-state index in [2.05, 4.69) is 57.6 Å². The molecule has 0 saturated carbocycles. The van der Waals surface area contributed by atoms with Gasteiger partial charge in [-0.3, -0.25) is 9.69 Å². The molecule has 3 aromatic rings. The summed E-state index contributed by atoms with van der Waals surface area (Å²) < 4.78 is 0. The molecule has 30 heavy (non-hydrogen) atoms.